The van der Waals surface area contributed by atoms with Gasteiger partial charge in [-0.05, 0) is 73.9 Å². The Morgan fingerprint density at radius 2 is 1.95 bits per heavy atom. The largest absolute Gasteiger partial charge is 0.360 e. The summed E-state index contributed by atoms with van der Waals surface area (Å²) in [6.45, 7) is 12.7. The third-order valence-corrected chi connectivity index (χ3v) is 10.5. The lowest BCUT2D eigenvalue weighted by Crippen LogP contribution is -2.48. The minimum absolute atomic E-state index is 0.250. The highest BCUT2D eigenvalue weighted by atomic mass is 28.3. The molecule has 9 heteroatoms. The number of ether oxygens (including phenoxy) is 1. The van der Waals surface area contributed by atoms with E-state index in [4.69, 9.17) is 14.7 Å². The molecule has 6 rings (SSSR count). The highest BCUT2D eigenvalue weighted by Gasteiger charge is 2.52. The van der Waals surface area contributed by atoms with Gasteiger partial charge in [0.2, 0.25) is 5.91 Å². The lowest BCUT2D eigenvalue weighted by Gasteiger charge is -2.37. The van der Waals surface area contributed by atoms with E-state index < -0.39 is 13.5 Å². The number of aryl methyl sites for hydroxylation is 2. The Morgan fingerprint density at radius 3 is 2.66 bits per heavy atom. The number of amides is 1. The number of nitrogens with zero attached hydrogens (tertiary/aromatic N) is 4. The standard InChI is InChI=1S/C29H41N5O3Si/c1-6-34-25-16-22-21-9-7-8-20-18-32(19-37-14-15-38(3,4)5)31-26(20)27(21)30-24(22)17-23(25)29(28(34)35)10-12-33(36-2)13-11-29/h16-18,30H,6-15,19H2,1-5H3. The predicted octanol–water partition coefficient (Wildman–Crippen LogP) is 5.09. The number of H-pyrrole nitrogens is 1. The van der Waals surface area contributed by atoms with Gasteiger partial charge in [0.05, 0.1) is 18.2 Å². The van der Waals surface area contributed by atoms with E-state index in [0.29, 0.717) is 13.3 Å². The summed E-state index contributed by atoms with van der Waals surface area (Å²) in [6, 6.07) is 5.71. The van der Waals surface area contributed by atoms with Crippen LogP contribution >= 0.6 is 0 Å². The molecule has 1 spiro atoms. The summed E-state index contributed by atoms with van der Waals surface area (Å²) in [5.41, 5.74) is 7.70. The van der Waals surface area contributed by atoms with Crippen LogP contribution in [-0.4, -0.2) is 67.2 Å². The van der Waals surface area contributed by atoms with Gasteiger partial charge < -0.3 is 19.5 Å². The number of benzene rings is 1. The minimum Gasteiger partial charge on any atom is -0.360 e. The third-order valence-electron chi connectivity index (χ3n) is 8.80. The summed E-state index contributed by atoms with van der Waals surface area (Å²) < 4.78 is 7.96. The quantitative estimate of drug-likeness (QED) is 0.337. The van der Waals surface area contributed by atoms with Crippen LogP contribution in [0.4, 0.5) is 5.69 Å². The number of rotatable bonds is 7. The highest BCUT2D eigenvalue weighted by molar-refractivity contribution is 6.76. The number of carbonyl (C=O) groups excluding carboxylic acids is 1. The van der Waals surface area contributed by atoms with E-state index in [9.17, 15) is 4.79 Å². The lowest BCUT2D eigenvalue weighted by atomic mass is 9.74. The number of fused-ring (bicyclic) bond motifs is 7. The van der Waals surface area contributed by atoms with Gasteiger partial charge in [-0.2, -0.15) is 10.2 Å². The first-order valence-corrected chi connectivity index (χ1v) is 17.9. The number of hydrogen-bond donors (Lipinski definition) is 1. The van der Waals surface area contributed by atoms with Crippen molar-refractivity contribution in [3.8, 4) is 11.4 Å². The Bertz CT molecular complexity index is 1360. The van der Waals surface area contributed by atoms with Gasteiger partial charge in [-0.15, -0.1) is 0 Å². The van der Waals surface area contributed by atoms with E-state index in [-0.39, 0.29) is 5.91 Å². The smallest absolute Gasteiger partial charge is 0.237 e. The van der Waals surface area contributed by atoms with E-state index in [2.05, 4.69) is 49.9 Å². The predicted molar refractivity (Wildman–Crippen MR) is 153 cm³/mol. The molecule has 0 unspecified atom stereocenters. The van der Waals surface area contributed by atoms with Crippen LogP contribution in [-0.2, 0) is 39.4 Å². The maximum Gasteiger partial charge on any atom is 0.237 e. The Hall–Kier alpha value is -2.46. The molecule has 8 nitrogen and oxygen atoms in total. The average molecular weight is 536 g/mol. The van der Waals surface area contributed by atoms with E-state index in [0.717, 1.165) is 80.4 Å². The molecule has 1 aromatic carbocycles. The van der Waals surface area contributed by atoms with Crippen molar-refractivity contribution >= 4 is 30.6 Å². The number of piperidine rings is 1. The summed E-state index contributed by atoms with van der Waals surface area (Å²) in [7, 11) is 0.603. The summed E-state index contributed by atoms with van der Waals surface area (Å²) in [5.74, 6) is 0.250. The van der Waals surface area contributed by atoms with E-state index in [1.807, 2.05) is 14.6 Å². The van der Waals surface area contributed by atoms with Crippen molar-refractivity contribution in [3.05, 3.63) is 35.0 Å². The number of likely N-dealkylation sites (N-methyl/N-ethyl adjacent to an activating group) is 1. The molecule has 3 aliphatic rings. The second kappa shape index (κ2) is 9.62. The maximum absolute atomic E-state index is 13.8. The van der Waals surface area contributed by atoms with Gasteiger partial charge >= 0.3 is 0 Å². The summed E-state index contributed by atoms with van der Waals surface area (Å²) in [6.07, 6.45) is 6.83. The molecule has 38 heavy (non-hydrogen) atoms. The Balaban J connectivity index is 1.36. The van der Waals surface area contributed by atoms with Crippen molar-refractivity contribution in [2.24, 2.45) is 0 Å². The second-order valence-electron chi connectivity index (χ2n) is 12.4. The minimum atomic E-state index is -1.11. The normalized spacial score (nSPS) is 19.2. The molecule has 3 aromatic rings. The van der Waals surface area contributed by atoms with E-state index in [1.165, 1.54) is 22.1 Å². The average Bonchev–Trinajstić information content (AvgIpc) is 3.48. The first kappa shape index (κ1) is 25.8. The Kier molecular flexibility index (Phi) is 6.53. The SMILES string of the molecule is CCN1C(=O)C2(CCN(OC)CC2)c2cc3[nH]c4c(c3cc21)CCCc1cn(COCC[Si](C)(C)C)nc1-4. The molecule has 1 fully saturated rings. The van der Waals surface area contributed by atoms with Crippen molar-refractivity contribution in [2.75, 3.05) is 38.3 Å². The molecule has 0 bridgehead atoms. The lowest BCUT2D eigenvalue weighted by molar-refractivity contribution is -0.156. The van der Waals surface area contributed by atoms with Crippen LogP contribution in [0.15, 0.2) is 18.3 Å². The summed E-state index contributed by atoms with van der Waals surface area (Å²) in [5, 5.41) is 8.19. The van der Waals surface area contributed by atoms with Gasteiger partial charge in [0, 0.05) is 57.1 Å². The number of aromatic amines is 1. The van der Waals surface area contributed by atoms with Crippen LogP contribution in [0.3, 0.4) is 0 Å². The number of anilines is 1. The monoisotopic (exact) mass is 535 g/mol. The van der Waals surface area contributed by atoms with Crippen LogP contribution in [0, 0.1) is 0 Å². The molecule has 1 saturated heterocycles. The number of hydroxylamine groups is 2. The fourth-order valence-electron chi connectivity index (χ4n) is 6.60. The number of carbonyl (C=O) groups is 1. The number of nitrogens with one attached hydrogen (secondary N) is 1. The van der Waals surface area contributed by atoms with Crippen molar-refractivity contribution in [1.29, 1.82) is 0 Å². The maximum atomic E-state index is 13.8. The van der Waals surface area contributed by atoms with Gasteiger partial charge in [-0.25, -0.2) is 4.68 Å². The second-order valence-corrected chi connectivity index (χ2v) is 18.0. The summed E-state index contributed by atoms with van der Waals surface area (Å²) >= 11 is 0. The fourth-order valence-corrected chi connectivity index (χ4v) is 7.36. The fraction of sp³-hybridized carbons (Fsp3) is 0.586. The molecule has 204 valence electrons. The number of aromatic nitrogens is 3. The first-order chi connectivity index (χ1) is 18.2. The topological polar surface area (TPSA) is 75.6 Å². The first-order valence-electron chi connectivity index (χ1n) is 14.2. The van der Waals surface area contributed by atoms with Crippen molar-refractivity contribution in [3.63, 3.8) is 0 Å². The molecule has 2 aliphatic heterocycles. The van der Waals surface area contributed by atoms with Gasteiger partial charge in [-0.3, -0.25) is 4.79 Å². The van der Waals surface area contributed by atoms with Crippen molar-refractivity contribution < 1.29 is 14.4 Å². The van der Waals surface area contributed by atoms with Gasteiger partial charge in [0.1, 0.15) is 12.4 Å². The summed E-state index contributed by atoms with van der Waals surface area (Å²) in [4.78, 5) is 25.0. The van der Waals surface area contributed by atoms with Gasteiger partial charge in [0.25, 0.3) is 0 Å². The van der Waals surface area contributed by atoms with Crippen molar-refractivity contribution in [1.82, 2.24) is 19.8 Å². The van der Waals surface area contributed by atoms with Gasteiger partial charge in [0.15, 0.2) is 0 Å². The molecule has 0 atom stereocenters. The Morgan fingerprint density at radius 1 is 1.16 bits per heavy atom. The van der Waals surface area contributed by atoms with Crippen molar-refractivity contribution in [2.45, 2.75) is 76.9 Å². The molecular weight excluding hydrogens is 494 g/mol. The van der Waals surface area contributed by atoms with E-state index in [1.54, 1.807) is 7.11 Å². The van der Waals surface area contributed by atoms with Crippen LogP contribution < -0.4 is 4.90 Å². The van der Waals surface area contributed by atoms with Gasteiger partial charge in [-0.1, -0.05) is 19.6 Å². The Labute approximate surface area is 226 Å². The van der Waals surface area contributed by atoms with Crippen LogP contribution in [0.5, 0.6) is 0 Å². The zero-order valence-corrected chi connectivity index (χ0v) is 24.5. The molecule has 1 N–H and O–H groups in total. The molecular formula is C29H41N5O3Si. The number of hydrogen-bond acceptors (Lipinski definition) is 5. The molecule has 2 aromatic heterocycles. The van der Waals surface area contributed by atoms with Crippen LogP contribution in [0.2, 0.25) is 25.7 Å². The van der Waals surface area contributed by atoms with Crippen LogP contribution in [0.25, 0.3) is 22.3 Å². The molecule has 1 amide bonds. The molecule has 0 radical (unpaired) electrons. The highest BCUT2D eigenvalue weighted by Crippen LogP contribution is 2.50. The molecule has 4 heterocycles. The molecule has 1 aliphatic carbocycles. The molecule has 0 saturated carbocycles. The third kappa shape index (κ3) is 4.24. The van der Waals surface area contributed by atoms with Crippen LogP contribution in [0.1, 0.15) is 42.9 Å². The zero-order valence-electron chi connectivity index (χ0n) is 23.5. The van der Waals surface area contributed by atoms with E-state index >= 15 is 0 Å². The zero-order chi connectivity index (χ0) is 26.7.